The van der Waals surface area contributed by atoms with E-state index < -0.39 is 0 Å². The second kappa shape index (κ2) is 4.47. The second-order valence-corrected chi connectivity index (χ2v) is 3.64. The summed E-state index contributed by atoms with van der Waals surface area (Å²) in [6.07, 6.45) is 2.39. The zero-order chi connectivity index (χ0) is 9.80. The van der Waals surface area contributed by atoms with Gasteiger partial charge in [0.05, 0.1) is 6.61 Å². The van der Waals surface area contributed by atoms with E-state index in [0.717, 1.165) is 25.4 Å². The molecule has 1 aromatic rings. The van der Waals surface area contributed by atoms with Crippen LogP contribution in [0.25, 0.3) is 0 Å². The van der Waals surface area contributed by atoms with Crippen molar-refractivity contribution in [2.75, 3.05) is 13.2 Å². The molecule has 76 valence electrons. The lowest BCUT2D eigenvalue weighted by atomic mass is 10.0. The summed E-state index contributed by atoms with van der Waals surface area (Å²) in [4.78, 5) is 0. The number of ether oxygens (including phenoxy) is 1. The molecule has 2 nitrogen and oxygen atoms in total. The minimum Gasteiger partial charge on any atom is -0.494 e. The van der Waals surface area contributed by atoms with E-state index >= 15 is 0 Å². The van der Waals surface area contributed by atoms with Crippen LogP contribution in [0.5, 0.6) is 5.75 Å². The number of benzene rings is 1. The summed E-state index contributed by atoms with van der Waals surface area (Å²) in [7, 11) is 0. The quantitative estimate of drug-likeness (QED) is 0.773. The smallest absolute Gasteiger partial charge is 0.119 e. The molecule has 0 atom stereocenters. The third-order valence-electron chi connectivity index (χ3n) is 2.60. The van der Waals surface area contributed by atoms with E-state index in [9.17, 15) is 0 Å². The van der Waals surface area contributed by atoms with E-state index in [1.54, 1.807) is 0 Å². The van der Waals surface area contributed by atoms with Gasteiger partial charge in [-0.1, -0.05) is 6.07 Å². The zero-order valence-electron chi connectivity index (χ0n) is 8.68. The third kappa shape index (κ3) is 2.07. The second-order valence-electron chi connectivity index (χ2n) is 3.64. The van der Waals surface area contributed by atoms with Gasteiger partial charge >= 0.3 is 0 Å². The molecular formula is C12H17NO. The van der Waals surface area contributed by atoms with Crippen LogP contribution < -0.4 is 10.1 Å². The maximum atomic E-state index is 5.49. The van der Waals surface area contributed by atoms with Crippen LogP contribution in [0.2, 0.25) is 0 Å². The van der Waals surface area contributed by atoms with Gasteiger partial charge in [0.2, 0.25) is 0 Å². The third-order valence-corrected chi connectivity index (χ3v) is 2.60. The van der Waals surface area contributed by atoms with E-state index in [-0.39, 0.29) is 0 Å². The van der Waals surface area contributed by atoms with Crippen LogP contribution in [0.4, 0.5) is 0 Å². The van der Waals surface area contributed by atoms with Gasteiger partial charge in [0.25, 0.3) is 0 Å². The van der Waals surface area contributed by atoms with Crippen LogP contribution in [0.3, 0.4) is 0 Å². The molecule has 1 aliphatic heterocycles. The Hall–Kier alpha value is -1.02. The normalized spacial score (nSPS) is 15.8. The van der Waals surface area contributed by atoms with Crippen molar-refractivity contribution >= 4 is 0 Å². The minimum atomic E-state index is 0.747. The molecule has 0 aromatic heterocycles. The van der Waals surface area contributed by atoms with Gasteiger partial charge in [0, 0.05) is 6.54 Å². The van der Waals surface area contributed by atoms with E-state index in [1.165, 1.54) is 24.0 Å². The summed E-state index contributed by atoms with van der Waals surface area (Å²) in [5.74, 6) is 1.01. The standard InChI is InChI=1S/C12H17NO/c1-2-14-12-6-5-11-9-13-7-3-4-10(11)8-12/h5-6,8,13H,2-4,7,9H2,1H3. The van der Waals surface area contributed by atoms with E-state index in [1.807, 2.05) is 6.92 Å². The van der Waals surface area contributed by atoms with Gasteiger partial charge < -0.3 is 10.1 Å². The van der Waals surface area contributed by atoms with E-state index in [0.29, 0.717) is 0 Å². The summed E-state index contributed by atoms with van der Waals surface area (Å²) in [6.45, 7) is 4.89. The lowest BCUT2D eigenvalue weighted by Crippen LogP contribution is -2.11. The molecule has 0 fully saturated rings. The lowest BCUT2D eigenvalue weighted by Gasteiger charge is -2.08. The van der Waals surface area contributed by atoms with Gasteiger partial charge in [-0.3, -0.25) is 0 Å². The first-order valence-electron chi connectivity index (χ1n) is 5.35. The highest BCUT2D eigenvalue weighted by Gasteiger charge is 2.07. The van der Waals surface area contributed by atoms with Crippen LogP contribution in [-0.2, 0) is 13.0 Å². The molecule has 0 aliphatic carbocycles. The van der Waals surface area contributed by atoms with Crippen molar-refractivity contribution in [3.63, 3.8) is 0 Å². The van der Waals surface area contributed by atoms with Crippen LogP contribution in [-0.4, -0.2) is 13.2 Å². The van der Waals surface area contributed by atoms with Crippen molar-refractivity contribution in [2.24, 2.45) is 0 Å². The molecule has 0 amide bonds. The van der Waals surface area contributed by atoms with Crippen LogP contribution >= 0.6 is 0 Å². The largest absolute Gasteiger partial charge is 0.494 e. The molecule has 2 heteroatoms. The van der Waals surface area contributed by atoms with Crippen molar-refractivity contribution in [1.82, 2.24) is 5.32 Å². The average Bonchev–Trinajstić information content (AvgIpc) is 2.42. The van der Waals surface area contributed by atoms with Gasteiger partial charge in [-0.15, -0.1) is 0 Å². The van der Waals surface area contributed by atoms with Crippen molar-refractivity contribution in [3.05, 3.63) is 29.3 Å². The average molecular weight is 191 g/mol. The number of nitrogens with one attached hydrogen (secondary N) is 1. The topological polar surface area (TPSA) is 21.3 Å². The summed E-state index contributed by atoms with van der Waals surface area (Å²) in [5.41, 5.74) is 2.87. The van der Waals surface area contributed by atoms with Crippen LogP contribution in [0.15, 0.2) is 18.2 Å². The summed E-state index contributed by atoms with van der Waals surface area (Å²) >= 11 is 0. The van der Waals surface area contributed by atoms with Gasteiger partial charge in [-0.2, -0.15) is 0 Å². The highest BCUT2D eigenvalue weighted by molar-refractivity contribution is 5.36. The van der Waals surface area contributed by atoms with Gasteiger partial charge in [0.15, 0.2) is 0 Å². The number of hydrogen-bond donors (Lipinski definition) is 1. The molecule has 1 aromatic carbocycles. The van der Waals surface area contributed by atoms with Crippen LogP contribution in [0, 0.1) is 0 Å². The molecule has 1 N–H and O–H groups in total. The molecule has 0 radical (unpaired) electrons. The first-order chi connectivity index (χ1) is 6.90. The Morgan fingerprint density at radius 2 is 2.29 bits per heavy atom. The van der Waals surface area contributed by atoms with Gasteiger partial charge in [-0.25, -0.2) is 0 Å². The molecule has 0 saturated heterocycles. The van der Waals surface area contributed by atoms with Crippen molar-refractivity contribution in [2.45, 2.75) is 26.3 Å². The Labute approximate surface area is 85.3 Å². The first kappa shape index (κ1) is 9.53. The highest BCUT2D eigenvalue weighted by atomic mass is 16.5. The Bertz CT molecular complexity index is 309. The van der Waals surface area contributed by atoms with Gasteiger partial charge in [-0.05, 0) is 49.6 Å². The number of fused-ring (bicyclic) bond motifs is 1. The molecular weight excluding hydrogens is 174 g/mol. The Morgan fingerprint density at radius 3 is 3.14 bits per heavy atom. The van der Waals surface area contributed by atoms with Gasteiger partial charge in [0.1, 0.15) is 5.75 Å². The minimum absolute atomic E-state index is 0.747. The predicted octanol–water partition coefficient (Wildman–Crippen LogP) is 2.12. The summed E-state index contributed by atoms with van der Waals surface area (Å²) < 4.78 is 5.49. The van der Waals surface area contributed by atoms with E-state index in [4.69, 9.17) is 4.74 Å². The van der Waals surface area contributed by atoms with Crippen molar-refractivity contribution in [3.8, 4) is 5.75 Å². The molecule has 14 heavy (non-hydrogen) atoms. The fraction of sp³-hybridized carbons (Fsp3) is 0.500. The molecule has 2 rings (SSSR count). The maximum Gasteiger partial charge on any atom is 0.119 e. The van der Waals surface area contributed by atoms with E-state index in [2.05, 4.69) is 23.5 Å². The zero-order valence-corrected chi connectivity index (χ0v) is 8.68. The summed E-state index contributed by atoms with van der Waals surface area (Å²) in [5, 5.41) is 3.41. The van der Waals surface area contributed by atoms with Crippen molar-refractivity contribution < 1.29 is 4.74 Å². The SMILES string of the molecule is CCOc1ccc2c(c1)CCCNC2. The summed E-state index contributed by atoms with van der Waals surface area (Å²) in [6, 6.07) is 6.43. The molecule has 0 spiro atoms. The molecule has 0 bridgehead atoms. The fourth-order valence-electron chi connectivity index (χ4n) is 1.89. The molecule has 0 saturated carbocycles. The maximum absolute atomic E-state index is 5.49. The number of hydrogen-bond acceptors (Lipinski definition) is 2. The Balaban J connectivity index is 2.23. The molecule has 1 heterocycles. The fourth-order valence-corrected chi connectivity index (χ4v) is 1.89. The Kier molecular flexibility index (Phi) is 3.04. The highest BCUT2D eigenvalue weighted by Crippen LogP contribution is 2.20. The van der Waals surface area contributed by atoms with Crippen molar-refractivity contribution in [1.29, 1.82) is 0 Å². The molecule has 0 unspecified atom stereocenters. The monoisotopic (exact) mass is 191 g/mol. The number of aryl methyl sites for hydroxylation is 1. The molecule has 1 aliphatic rings. The lowest BCUT2D eigenvalue weighted by molar-refractivity contribution is 0.340. The predicted molar refractivity (Wildman–Crippen MR) is 57.6 cm³/mol. The van der Waals surface area contributed by atoms with Crippen LogP contribution in [0.1, 0.15) is 24.5 Å². The Morgan fingerprint density at radius 1 is 1.36 bits per heavy atom. The first-order valence-corrected chi connectivity index (χ1v) is 5.35. The number of rotatable bonds is 2.